The van der Waals surface area contributed by atoms with Crippen LogP contribution in [0.2, 0.25) is 0 Å². The topological polar surface area (TPSA) is 83.8 Å². The van der Waals surface area contributed by atoms with Crippen LogP contribution in [0.15, 0.2) is 24.3 Å². The molecule has 0 aliphatic heterocycles. The summed E-state index contributed by atoms with van der Waals surface area (Å²) in [5.74, 6) is -1.31. The fourth-order valence-corrected chi connectivity index (χ4v) is 1.18. The Bertz CT molecular complexity index is 396. The van der Waals surface area contributed by atoms with E-state index in [2.05, 4.69) is 0 Å². The highest BCUT2D eigenvalue weighted by atomic mass is 16.5. The molecule has 1 atom stereocenters. The molecule has 0 aliphatic rings. The lowest BCUT2D eigenvalue weighted by Gasteiger charge is -2.07. The number of ether oxygens (including phenoxy) is 1. The van der Waals surface area contributed by atoms with Crippen molar-refractivity contribution in [3.63, 3.8) is 0 Å². The van der Waals surface area contributed by atoms with E-state index in [9.17, 15) is 14.7 Å². The molecule has 1 aromatic rings. The molecule has 0 saturated carbocycles. The maximum Gasteiger partial charge on any atom is 0.335 e. The molecular formula is C12H14O5. The van der Waals surface area contributed by atoms with Crippen molar-refractivity contribution < 1.29 is 24.5 Å². The van der Waals surface area contributed by atoms with Crippen LogP contribution in [0.1, 0.15) is 30.1 Å². The van der Waals surface area contributed by atoms with E-state index < -0.39 is 18.0 Å². The van der Waals surface area contributed by atoms with Crippen molar-refractivity contribution in [1.82, 2.24) is 0 Å². The molecule has 0 radical (unpaired) electrons. The summed E-state index contributed by atoms with van der Waals surface area (Å²) >= 11 is 0. The van der Waals surface area contributed by atoms with E-state index in [0.29, 0.717) is 6.42 Å². The minimum Gasteiger partial charge on any atom is -0.478 e. The van der Waals surface area contributed by atoms with Crippen molar-refractivity contribution in [1.29, 1.82) is 0 Å². The number of hydrogen-bond donors (Lipinski definition) is 2. The zero-order chi connectivity index (χ0) is 12.8. The Hall–Kier alpha value is -1.88. The Morgan fingerprint density at radius 1 is 1.29 bits per heavy atom. The Morgan fingerprint density at radius 3 is 2.35 bits per heavy atom. The third-order valence-electron chi connectivity index (χ3n) is 2.21. The molecule has 17 heavy (non-hydrogen) atoms. The summed E-state index contributed by atoms with van der Waals surface area (Å²) in [5, 5.41) is 17.9. The first-order valence-corrected chi connectivity index (χ1v) is 5.25. The number of hydrogen-bond acceptors (Lipinski definition) is 4. The highest BCUT2D eigenvalue weighted by Crippen LogP contribution is 2.13. The number of esters is 1. The molecule has 2 N–H and O–H groups in total. The molecule has 0 heterocycles. The number of carbonyl (C=O) groups is 2. The number of carboxylic acids is 1. The number of aromatic carboxylic acids is 1. The molecule has 5 heteroatoms. The van der Waals surface area contributed by atoms with Gasteiger partial charge >= 0.3 is 11.9 Å². The first-order chi connectivity index (χ1) is 8.02. The number of carbonyl (C=O) groups excluding carboxylic acids is 1. The predicted molar refractivity (Wildman–Crippen MR) is 60.0 cm³/mol. The molecular weight excluding hydrogens is 224 g/mol. The normalized spacial score (nSPS) is 11.9. The molecule has 0 spiro atoms. The van der Waals surface area contributed by atoms with E-state index >= 15 is 0 Å². The van der Waals surface area contributed by atoms with E-state index in [1.807, 2.05) is 0 Å². The second-order valence-electron chi connectivity index (χ2n) is 3.57. The molecule has 1 unspecified atom stereocenters. The summed E-state index contributed by atoms with van der Waals surface area (Å²) in [6.07, 6.45) is -0.301. The number of rotatable bonds is 5. The van der Waals surface area contributed by atoms with E-state index in [1.54, 1.807) is 6.92 Å². The summed E-state index contributed by atoms with van der Waals surface area (Å²) in [5.41, 5.74) is 0.124. The van der Waals surface area contributed by atoms with Gasteiger partial charge in [0.25, 0.3) is 0 Å². The first-order valence-electron chi connectivity index (χ1n) is 5.25. The van der Waals surface area contributed by atoms with E-state index in [-0.39, 0.29) is 17.7 Å². The number of carboxylic acid groups (broad SMARTS) is 1. The molecule has 0 bridgehead atoms. The summed E-state index contributed by atoms with van der Waals surface area (Å²) in [4.78, 5) is 21.9. The van der Waals surface area contributed by atoms with Gasteiger partial charge in [-0.2, -0.15) is 0 Å². The van der Waals surface area contributed by atoms with Crippen molar-refractivity contribution in [2.75, 3.05) is 0 Å². The lowest BCUT2D eigenvalue weighted by molar-refractivity contribution is -0.136. The third kappa shape index (κ3) is 4.24. The first kappa shape index (κ1) is 13.2. The zero-order valence-corrected chi connectivity index (χ0v) is 9.42. The lowest BCUT2D eigenvalue weighted by atomic mass is 10.2. The van der Waals surface area contributed by atoms with Crippen LogP contribution < -0.4 is 4.74 Å². The minimum atomic E-state index is -1.04. The van der Waals surface area contributed by atoms with Crippen LogP contribution in [0.3, 0.4) is 0 Å². The Kier molecular flexibility index (Phi) is 4.66. The molecule has 1 aromatic carbocycles. The van der Waals surface area contributed by atoms with Gasteiger partial charge < -0.3 is 14.9 Å². The SMILES string of the molecule is CCC(O)CC(=O)Oc1ccc(C(=O)O)cc1. The minimum absolute atomic E-state index is 0.0722. The van der Waals surface area contributed by atoms with Crippen molar-refractivity contribution in [2.24, 2.45) is 0 Å². The monoisotopic (exact) mass is 238 g/mol. The second kappa shape index (κ2) is 6.00. The average molecular weight is 238 g/mol. The fourth-order valence-electron chi connectivity index (χ4n) is 1.18. The van der Waals surface area contributed by atoms with Gasteiger partial charge in [-0.15, -0.1) is 0 Å². The quantitative estimate of drug-likeness (QED) is 0.599. The molecule has 92 valence electrons. The summed E-state index contributed by atoms with van der Waals surface area (Å²) < 4.78 is 4.93. The predicted octanol–water partition coefficient (Wildman–Crippen LogP) is 1.45. The van der Waals surface area contributed by atoms with Gasteiger partial charge in [-0.05, 0) is 30.7 Å². The standard InChI is InChI=1S/C12H14O5/c1-2-9(13)7-11(14)17-10-5-3-8(4-6-10)12(15)16/h3-6,9,13H,2,7H2,1H3,(H,15,16). The smallest absolute Gasteiger partial charge is 0.335 e. The summed E-state index contributed by atoms with van der Waals surface area (Å²) in [7, 11) is 0. The van der Waals surface area contributed by atoms with E-state index in [0.717, 1.165) is 0 Å². The molecule has 0 aromatic heterocycles. The van der Waals surface area contributed by atoms with Crippen LogP contribution in [0.4, 0.5) is 0 Å². The zero-order valence-electron chi connectivity index (χ0n) is 9.42. The molecule has 1 rings (SSSR count). The molecule has 0 saturated heterocycles. The second-order valence-corrected chi connectivity index (χ2v) is 3.57. The van der Waals surface area contributed by atoms with E-state index in [1.165, 1.54) is 24.3 Å². The number of aliphatic hydroxyl groups excluding tert-OH is 1. The maximum absolute atomic E-state index is 11.3. The van der Waals surface area contributed by atoms with Crippen LogP contribution in [0.5, 0.6) is 5.75 Å². The van der Waals surface area contributed by atoms with Crippen molar-refractivity contribution in [3.8, 4) is 5.75 Å². The van der Waals surface area contributed by atoms with Crippen LogP contribution in [0, 0.1) is 0 Å². The van der Waals surface area contributed by atoms with Gasteiger partial charge in [0, 0.05) is 0 Å². The Labute approximate surface area is 98.6 Å². The Morgan fingerprint density at radius 2 is 1.88 bits per heavy atom. The largest absolute Gasteiger partial charge is 0.478 e. The highest BCUT2D eigenvalue weighted by Gasteiger charge is 2.11. The van der Waals surface area contributed by atoms with Crippen molar-refractivity contribution in [2.45, 2.75) is 25.9 Å². The van der Waals surface area contributed by atoms with E-state index in [4.69, 9.17) is 9.84 Å². The maximum atomic E-state index is 11.3. The third-order valence-corrected chi connectivity index (χ3v) is 2.21. The van der Waals surface area contributed by atoms with Crippen LogP contribution >= 0.6 is 0 Å². The van der Waals surface area contributed by atoms with Crippen molar-refractivity contribution >= 4 is 11.9 Å². The van der Waals surface area contributed by atoms with Crippen LogP contribution in [-0.2, 0) is 4.79 Å². The molecule has 0 fully saturated rings. The molecule has 5 nitrogen and oxygen atoms in total. The van der Waals surface area contributed by atoms with Gasteiger partial charge in [-0.3, -0.25) is 4.79 Å². The number of benzene rings is 1. The van der Waals surface area contributed by atoms with Gasteiger partial charge in [0.05, 0.1) is 18.1 Å². The van der Waals surface area contributed by atoms with Crippen LogP contribution in [-0.4, -0.2) is 28.3 Å². The van der Waals surface area contributed by atoms with Gasteiger partial charge in [0.1, 0.15) is 5.75 Å². The Balaban J connectivity index is 2.57. The summed E-state index contributed by atoms with van der Waals surface area (Å²) in [6.45, 7) is 1.76. The summed E-state index contributed by atoms with van der Waals surface area (Å²) in [6, 6.07) is 5.50. The van der Waals surface area contributed by atoms with Gasteiger partial charge in [0.15, 0.2) is 0 Å². The lowest BCUT2D eigenvalue weighted by Crippen LogP contribution is -2.17. The molecule has 0 aliphatic carbocycles. The van der Waals surface area contributed by atoms with Gasteiger partial charge in [-0.1, -0.05) is 6.92 Å². The van der Waals surface area contributed by atoms with Crippen LogP contribution in [0.25, 0.3) is 0 Å². The van der Waals surface area contributed by atoms with Gasteiger partial charge in [-0.25, -0.2) is 4.79 Å². The van der Waals surface area contributed by atoms with Gasteiger partial charge in [0.2, 0.25) is 0 Å². The highest BCUT2D eigenvalue weighted by molar-refractivity contribution is 5.87. The number of aliphatic hydroxyl groups is 1. The fraction of sp³-hybridized carbons (Fsp3) is 0.333. The molecule has 0 amide bonds. The average Bonchev–Trinajstić information content (AvgIpc) is 2.29. The van der Waals surface area contributed by atoms with Crippen molar-refractivity contribution in [3.05, 3.63) is 29.8 Å².